The summed E-state index contributed by atoms with van der Waals surface area (Å²) in [7, 11) is 0. The molecule has 0 saturated carbocycles. The molecule has 0 spiro atoms. The highest BCUT2D eigenvalue weighted by Gasteiger charge is 2.64. The molecule has 2 aromatic rings. The summed E-state index contributed by atoms with van der Waals surface area (Å²) >= 11 is 0. The first-order valence-corrected chi connectivity index (χ1v) is 10.1. The minimum absolute atomic E-state index is 0.0403. The molecule has 1 aliphatic heterocycles. The van der Waals surface area contributed by atoms with Crippen LogP contribution in [0.25, 0.3) is 0 Å². The molecule has 3 rings (SSSR count). The average Bonchev–Trinajstić information content (AvgIpc) is 3.02. The number of hydrogen-bond acceptors (Lipinski definition) is 5. The van der Waals surface area contributed by atoms with Crippen LogP contribution in [0, 0.1) is 5.82 Å². The number of nitrogens with two attached hydrogens (primary N) is 1. The van der Waals surface area contributed by atoms with Crippen molar-refractivity contribution in [3.8, 4) is 0 Å². The summed E-state index contributed by atoms with van der Waals surface area (Å²) in [6.07, 6.45) is -11.0. The molecular weight excluding hydrogens is 527 g/mol. The van der Waals surface area contributed by atoms with Crippen molar-refractivity contribution in [2.45, 2.75) is 43.7 Å². The van der Waals surface area contributed by atoms with Gasteiger partial charge in [0.25, 0.3) is 5.91 Å². The maximum atomic E-state index is 14.3. The molecule has 1 aromatic heterocycles. The first-order chi connectivity index (χ1) is 16.7. The van der Waals surface area contributed by atoms with Crippen molar-refractivity contribution in [2.75, 3.05) is 17.2 Å². The molecule has 1 saturated heterocycles. The fraction of sp³-hybridized carbons (Fsp3) is 0.400. The lowest BCUT2D eigenvalue weighted by Gasteiger charge is -2.30. The number of aromatic nitrogens is 2. The Labute approximate surface area is 202 Å². The van der Waals surface area contributed by atoms with Gasteiger partial charge < -0.3 is 16.4 Å². The minimum atomic E-state index is -6.41. The molecule has 4 N–H and O–H groups in total. The number of nitrogens with zero attached hydrogens (tertiary/aromatic N) is 3. The van der Waals surface area contributed by atoms with Crippen LogP contribution >= 0.6 is 0 Å². The zero-order chi connectivity index (χ0) is 28.1. The third kappa shape index (κ3) is 5.48. The quantitative estimate of drug-likeness (QED) is 0.489. The van der Waals surface area contributed by atoms with Gasteiger partial charge in [0.05, 0.1) is 23.2 Å². The van der Waals surface area contributed by atoms with Crippen molar-refractivity contribution < 1.29 is 49.1 Å². The Hall–Kier alpha value is -3.79. The summed E-state index contributed by atoms with van der Waals surface area (Å²) in [5.74, 6) is -10.7. The number of benzene rings is 1. The average molecular weight is 544 g/mol. The maximum absolute atomic E-state index is 14.3. The van der Waals surface area contributed by atoms with Crippen LogP contribution < -0.4 is 21.3 Å². The first kappa shape index (κ1) is 27.8. The van der Waals surface area contributed by atoms with E-state index in [0.717, 1.165) is 4.90 Å². The van der Waals surface area contributed by atoms with Gasteiger partial charge in [-0.25, -0.2) is 14.2 Å². The first-order valence-electron chi connectivity index (χ1n) is 10.1. The Morgan fingerprint density at radius 3 is 2.27 bits per heavy atom. The molecule has 3 amide bonds. The van der Waals surface area contributed by atoms with E-state index in [4.69, 9.17) is 5.73 Å². The van der Waals surface area contributed by atoms with Crippen molar-refractivity contribution in [1.82, 2.24) is 20.6 Å². The molecule has 202 valence electrons. The van der Waals surface area contributed by atoms with Crippen LogP contribution in [-0.4, -0.2) is 46.1 Å². The van der Waals surface area contributed by atoms with Crippen molar-refractivity contribution in [3.05, 3.63) is 46.9 Å². The van der Waals surface area contributed by atoms with Gasteiger partial charge in [0.2, 0.25) is 5.95 Å². The largest absolute Gasteiger partial charge is 0.455 e. The summed E-state index contributed by atoms with van der Waals surface area (Å²) in [4.78, 5) is 33.1. The Morgan fingerprint density at radius 1 is 1.16 bits per heavy atom. The normalized spacial score (nSPS) is 16.9. The summed E-state index contributed by atoms with van der Waals surface area (Å²) in [5, 5.41) is 3.77. The molecule has 2 heterocycles. The number of amides is 3. The predicted molar refractivity (Wildman–Crippen MR) is 109 cm³/mol. The molecule has 1 aromatic carbocycles. The molecule has 8 nitrogen and oxygen atoms in total. The van der Waals surface area contributed by atoms with E-state index in [1.165, 1.54) is 5.32 Å². The van der Waals surface area contributed by atoms with Crippen molar-refractivity contribution >= 4 is 23.7 Å². The van der Waals surface area contributed by atoms with Crippen LogP contribution in [0.2, 0.25) is 0 Å². The standard InChI is InChI=1S/C20H17F9N6O2/c1-17(2)7-35(16(37)34-17)15-31-6-10(13(30)33-15)14(36)32-12(18(22,23)20(27,28)29)9-5-8(19(24,25)26)3-4-11(9)21/h3-6,12H,7H2,1-2H3,(H,32,36)(H,34,37)(H2,30,31,33). The van der Waals surface area contributed by atoms with Gasteiger partial charge >= 0.3 is 24.3 Å². The number of nitrogens with one attached hydrogen (secondary N) is 2. The smallest absolute Gasteiger partial charge is 0.383 e. The molecule has 1 unspecified atom stereocenters. The Balaban J connectivity index is 2.01. The van der Waals surface area contributed by atoms with Crippen molar-refractivity contribution in [2.24, 2.45) is 0 Å². The molecule has 0 radical (unpaired) electrons. The van der Waals surface area contributed by atoms with E-state index in [2.05, 4.69) is 15.3 Å². The second-order valence-electron chi connectivity index (χ2n) is 8.63. The number of alkyl halides is 8. The second-order valence-corrected chi connectivity index (χ2v) is 8.63. The van der Waals surface area contributed by atoms with Gasteiger partial charge in [-0.05, 0) is 32.0 Å². The van der Waals surface area contributed by atoms with E-state index in [9.17, 15) is 49.1 Å². The van der Waals surface area contributed by atoms with Gasteiger partial charge in [0, 0.05) is 11.8 Å². The molecule has 1 aliphatic rings. The lowest BCUT2D eigenvalue weighted by atomic mass is 9.96. The van der Waals surface area contributed by atoms with E-state index < -0.39 is 70.1 Å². The van der Waals surface area contributed by atoms with Crippen LogP contribution in [0.1, 0.15) is 41.4 Å². The number of halogens is 9. The van der Waals surface area contributed by atoms with Crippen molar-refractivity contribution in [1.29, 1.82) is 0 Å². The van der Waals surface area contributed by atoms with Gasteiger partial charge in [0.15, 0.2) is 0 Å². The Morgan fingerprint density at radius 2 is 1.78 bits per heavy atom. The van der Waals surface area contributed by atoms with Gasteiger partial charge in [-0.2, -0.15) is 40.1 Å². The molecule has 0 bridgehead atoms. The fourth-order valence-corrected chi connectivity index (χ4v) is 3.39. The molecule has 1 fully saturated rings. The third-order valence-corrected chi connectivity index (χ3v) is 5.19. The minimum Gasteiger partial charge on any atom is -0.383 e. The second kappa shape index (κ2) is 8.95. The summed E-state index contributed by atoms with van der Waals surface area (Å²) in [6.45, 7) is 3.36. The zero-order valence-electron chi connectivity index (χ0n) is 18.7. The highest BCUT2D eigenvalue weighted by Crippen LogP contribution is 2.46. The molecule has 1 atom stereocenters. The highest BCUT2D eigenvalue weighted by atomic mass is 19.4. The van der Waals surface area contributed by atoms with E-state index in [1.807, 2.05) is 0 Å². The van der Waals surface area contributed by atoms with Gasteiger partial charge in [-0.15, -0.1) is 0 Å². The van der Waals surface area contributed by atoms with Crippen LogP contribution in [0.15, 0.2) is 24.4 Å². The van der Waals surface area contributed by atoms with Gasteiger partial charge in [-0.3, -0.25) is 9.69 Å². The fourth-order valence-electron chi connectivity index (χ4n) is 3.39. The monoisotopic (exact) mass is 544 g/mol. The van der Waals surface area contributed by atoms with E-state index >= 15 is 0 Å². The number of hydrogen-bond donors (Lipinski definition) is 3. The van der Waals surface area contributed by atoms with E-state index in [-0.39, 0.29) is 30.7 Å². The lowest BCUT2D eigenvalue weighted by Crippen LogP contribution is -2.50. The maximum Gasteiger partial charge on any atom is 0.455 e. The van der Waals surface area contributed by atoms with Crippen LogP contribution in [0.3, 0.4) is 0 Å². The van der Waals surface area contributed by atoms with Crippen LogP contribution in [0.4, 0.5) is 56.1 Å². The number of urea groups is 1. The summed E-state index contributed by atoms with van der Waals surface area (Å²) < 4.78 is 122. The van der Waals surface area contributed by atoms with Crippen molar-refractivity contribution in [3.63, 3.8) is 0 Å². The van der Waals surface area contributed by atoms with E-state index in [0.29, 0.717) is 6.20 Å². The third-order valence-electron chi connectivity index (χ3n) is 5.19. The lowest BCUT2D eigenvalue weighted by molar-refractivity contribution is -0.293. The number of anilines is 2. The Kier molecular flexibility index (Phi) is 6.72. The molecule has 17 heteroatoms. The highest BCUT2D eigenvalue weighted by molar-refractivity contribution is 5.99. The predicted octanol–water partition coefficient (Wildman–Crippen LogP) is 4.19. The number of carbonyl (C=O) groups is 2. The molecule has 37 heavy (non-hydrogen) atoms. The van der Waals surface area contributed by atoms with E-state index in [1.54, 1.807) is 13.8 Å². The Bertz CT molecular complexity index is 1230. The summed E-state index contributed by atoms with van der Waals surface area (Å²) in [5.41, 5.74) is 0.530. The number of rotatable bonds is 5. The zero-order valence-corrected chi connectivity index (χ0v) is 18.7. The van der Waals surface area contributed by atoms with Crippen LogP contribution in [-0.2, 0) is 6.18 Å². The van der Waals surface area contributed by atoms with Gasteiger partial charge in [0.1, 0.15) is 17.7 Å². The topological polar surface area (TPSA) is 113 Å². The number of nitrogen functional groups attached to an aromatic ring is 1. The SMILES string of the molecule is CC1(C)CN(c2ncc(C(=O)NC(c3cc(C(F)(F)F)ccc3F)C(F)(F)C(F)(F)F)c(N)n2)C(=O)N1. The molecular formula is C20H17F9N6O2. The summed E-state index contributed by atoms with van der Waals surface area (Å²) in [6, 6.07) is -4.38. The molecule has 0 aliphatic carbocycles. The van der Waals surface area contributed by atoms with Crippen LogP contribution in [0.5, 0.6) is 0 Å². The van der Waals surface area contributed by atoms with Gasteiger partial charge in [-0.1, -0.05) is 0 Å². The number of carbonyl (C=O) groups excluding carboxylic acids is 2.